The number of hydrogen-bond donors (Lipinski definition) is 0. The van der Waals surface area contributed by atoms with Crippen LogP contribution in [0.25, 0.3) is 0 Å². The molecule has 8 unspecified atom stereocenters. The average Bonchev–Trinajstić information content (AvgIpc) is 3.29. The van der Waals surface area contributed by atoms with Crippen LogP contribution in [0.1, 0.15) is 119 Å². The molecule has 11 atom stereocenters. The fourth-order valence-electron chi connectivity index (χ4n) is 10.7. The lowest BCUT2D eigenvalue weighted by Crippen LogP contribution is -2.55. The second-order valence-electron chi connectivity index (χ2n) is 15.1. The molecule has 2 aliphatic heterocycles. The fourth-order valence-corrected chi connectivity index (χ4v) is 10.7. The predicted molar refractivity (Wildman–Crippen MR) is 141 cm³/mol. The maximum absolute atomic E-state index is 12.8. The highest BCUT2D eigenvalue weighted by molar-refractivity contribution is 5.76. The van der Waals surface area contributed by atoms with Gasteiger partial charge >= 0.3 is 5.97 Å². The fraction of sp³-hybridized carbons (Fsp3) is 0.969. The molecule has 36 heavy (non-hydrogen) atoms. The Morgan fingerprint density at radius 2 is 1.75 bits per heavy atom. The molecule has 1 spiro atoms. The molecule has 6 rings (SSSR count). The molecular weight excluding hydrogens is 448 g/mol. The van der Waals surface area contributed by atoms with Crippen LogP contribution in [0.15, 0.2) is 0 Å². The Morgan fingerprint density at radius 1 is 0.972 bits per heavy atom. The highest BCUT2D eigenvalue weighted by Crippen LogP contribution is 2.71. The van der Waals surface area contributed by atoms with E-state index in [1.54, 1.807) is 0 Å². The summed E-state index contributed by atoms with van der Waals surface area (Å²) in [5.74, 6) is 4.06. The van der Waals surface area contributed by atoms with Crippen molar-refractivity contribution in [1.82, 2.24) is 0 Å². The summed E-state index contributed by atoms with van der Waals surface area (Å²) in [5.41, 5.74) is 0.440. The number of carbonyl (C=O) groups excluding carboxylic acids is 1. The van der Waals surface area contributed by atoms with Crippen LogP contribution in [0.5, 0.6) is 0 Å². The van der Waals surface area contributed by atoms with Gasteiger partial charge in [-0.3, -0.25) is 4.79 Å². The molecule has 4 heteroatoms. The second kappa shape index (κ2) is 8.70. The van der Waals surface area contributed by atoms with Crippen LogP contribution in [-0.4, -0.2) is 30.6 Å². The number of carbonyl (C=O) groups is 1. The summed E-state index contributed by atoms with van der Waals surface area (Å²) < 4.78 is 19.4. The molecule has 6 aliphatic rings. The minimum absolute atomic E-state index is 0.00653. The number of ether oxygens (including phenoxy) is 3. The van der Waals surface area contributed by atoms with Gasteiger partial charge in [0.2, 0.25) is 0 Å². The van der Waals surface area contributed by atoms with Crippen LogP contribution in [-0.2, 0) is 19.0 Å². The minimum Gasteiger partial charge on any atom is -0.462 e. The summed E-state index contributed by atoms with van der Waals surface area (Å²) in [6, 6.07) is 0. The lowest BCUT2D eigenvalue weighted by Gasteiger charge is -2.61. The van der Waals surface area contributed by atoms with E-state index >= 15 is 0 Å². The van der Waals surface area contributed by atoms with Crippen molar-refractivity contribution in [1.29, 1.82) is 0 Å². The van der Waals surface area contributed by atoms with E-state index in [-0.39, 0.29) is 23.3 Å². The highest BCUT2D eigenvalue weighted by Gasteiger charge is 2.69. The maximum atomic E-state index is 12.8. The first-order chi connectivity index (χ1) is 17.0. The van der Waals surface area contributed by atoms with Gasteiger partial charge in [0.05, 0.1) is 18.1 Å². The Labute approximate surface area is 220 Å². The lowest BCUT2D eigenvalue weighted by atomic mass is 9.44. The van der Waals surface area contributed by atoms with Crippen molar-refractivity contribution in [2.24, 2.45) is 51.8 Å². The van der Waals surface area contributed by atoms with E-state index in [2.05, 4.69) is 27.7 Å². The van der Waals surface area contributed by atoms with Gasteiger partial charge in [-0.2, -0.15) is 0 Å². The van der Waals surface area contributed by atoms with E-state index in [1.165, 1.54) is 51.4 Å². The molecule has 0 radical (unpaired) electrons. The number of esters is 1. The first-order valence-electron chi connectivity index (χ1n) is 15.6. The van der Waals surface area contributed by atoms with E-state index in [1.807, 2.05) is 13.8 Å². The van der Waals surface area contributed by atoms with E-state index in [4.69, 9.17) is 14.2 Å². The molecule has 4 saturated carbocycles. The third-order valence-electron chi connectivity index (χ3n) is 13.3. The number of hydrogen-bond acceptors (Lipinski definition) is 4. The highest BCUT2D eigenvalue weighted by atomic mass is 16.7. The number of rotatable bonds is 3. The lowest BCUT2D eigenvalue weighted by molar-refractivity contribution is -0.265. The van der Waals surface area contributed by atoms with Gasteiger partial charge in [0.1, 0.15) is 6.10 Å². The molecule has 0 aromatic carbocycles. The summed E-state index contributed by atoms with van der Waals surface area (Å²) in [5, 5.41) is 0. The first-order valence-corrected chi connectivity index (χ1v) is 15.6. The maximum Gasteiger partial charge on any atom is 0.311 e. The van der Waals surface area contributed by atoms with E-state index in [0.717, 1.165) is 50.0 Å². The molecule has 0 amide bonds. The van der Waals surface area contributed by atoms with Crippen molar-refractivity contribution in [2.45, 2.75) is 137 Å². The van der Waals surface area contributed by atoms with Gasteiger partial charge in [-0.25, -0.2) is 0 Å². The SMILES string of the molecule is CCC(C)(C)C(=O)O[C@@H]1CCC2(C)C(CCC3C2CCC2(C)C3CC3O[C@]4(CCCCO4)[C@@H](C)C32)C1. The first kappa shape index (κ1) is 25.7. The minimum atomic E-state index is -0.368. The van der Waals surface area contributed by atoms with Crippen molar-refractivity contribution in [3.63, 3.8) is 0 Å². The van der Waals surface area contributed by atoms with Crippen LogP contribution in [0, 0.1) is 51.8 Å². The van der Waals surface area contributed by atoms with Crippen LogP contribution in [0.2, 0.25) is 0 Å². The Bertz CT molecular complexity index is 860. The summed E-state index contributed by atoms with van der Waals surface area (Å²) in [6.45, 7) is 14.7. The van der Waals surface area contributed by atoms with Crippen molar-refractivity contribution < 1.29 is 19.0 Å². The monoisotopic (exact) mass is 500 g/mol. The van der Waals surface area contributed by atoms with Crippen molar-refractivity contribution >= 4 is 5.97 Å². The zero-order valence-electron chi connectivity index (χ0n) is 23.9. The van der Waals surface area contributed by atoms with Gasteiger partial charge in [0.15, 0.2) is 5.79 Å². The normalized spacial score (nSPS) is 52.3. The van der Waals surface area contributed by atoms with E-state index in [9.17, 15) is 4.79 Å². The van der Waals surface area contributed by atoms with Crippen LogP contribution in [0.4, 0.5) is 0 Å². The second-order valence-corrected chi connectivity index (χ2v) is 15.1. The van der Waals surface area contributed by atoms with Crippen LogP contribution < -0.4 is 0 Å². The van der Waals surface area contributed by atoms with Crippen LogP contribution >= 0.6 is 0 Å². The van der Waals surface area contributed by atoms with Gasteiger partial charge in [0, 0.05) is 12.3 Å². The van der Waals surface area contributed by atoms with E-state index in [0.29, 0.717) is 34.7 Å². The molecule has 0 aromatic heterocycles. The molecule has 2 saturated heterocycles. The van der Waals surface area contributed by atoms with Gasteiger partial charge in [-0.1, -0.05) is 27.7 Å². The third kappa shape index (κ3) is 3.62. The summed E-state index contributed by atoms with van der Waals surface area (Å²) in [4.78, 5) is 12.8. The Kier molecular flexibility index (Phi) is 6.20. The molecule has 6 fully saturated rings. The van der Waals surface area contributed by atoms with Gasteiger partial charge in [-0.15, -0.1) is 0 Å². The summed E-state index contributed by atoms with van der Waals surface area (Å²) in [7, 11) is 0. The van der Waals surface area contributed by atoms with Crippen LogP contribution in [0.3, 0.4) is 0 Å². The zero-order valence-corrected chi connectivity index (χ0v) is 23.9. The van der Waals surface area contributed by atoms with E-state index < -0.39 is 0 Å². The Hall–Kier alpha value is -0.610. The molecule has 0 N–H and O–H groups in total. The van der Waals surface area contributed by atoms with Crippen molar-refractivity contribution in [3.8, 4) is 0 Å². The Morgan fingerprint density at radius 3 is 2.47 bits per heavy atom. The van der Waals surface area contributed by atoms with Gasteiger partial charge in [0.25, 0.3) is 0 Å². The molecule has 4 nitrogen and oxygen atoms in total. The van der Waals surface area contributed by atoms with Crippen molar-refractivity contribution in [2.75, 3.05) is 6.61 Å². The molecule has 4 aliphatic carbocycles. The topological polar surface area (TPSA) is 44.8 Å². The van der Waals surface area contributed by atoms with Gasteiger partial charge in [-0.05, 0) is 125 Å². The average molecular weight is 501 g/mol. The number of fused-ring (bicyclic) bond motifs is 7. The Balaban J connectivity index is 1.16. The van der Waals surface area contributed by atoms with Crippen molar-refractivity contribution in [3.05, 3.63) is 0 Å². The summed E-state index contributed by atoms with van der Waals surface area (Å²) >= 11 is 0. The molecule has 2 heterocycles. The quantitative estimate of drug-likeness (QED) is 0.376. The molecule has 0 bridgehead atoms. The largest absolute Gasteiger partial charge is 0.462 e. The predicted octanol–water partition coefficient (Wildman–Crippen LogP) is 7.53. The molecule has 204 valence electrons. The smallest absolute Gasteiger partial charge is 0.311 e. The summed E-state index contributed by atoms with van der Waals surface area (Å²) in [6.07, 6.45) is 14.9. The third-order valence-corrected chi connectivity index (χ3v) is 13.3. The molecule has 0 aromatic rings. The zero-order chi connectivity index (χ0) is 25.5. The van der Waals surface area contributed by atoms with Gasteiger partial charge < -0.3 is 14.2 Å². The molecular formula is C32H52O4. The standard InChI is InChI=1S/C32H52O4/c1-7-29(3,4)28(33)35-22-12-15-30(5)21(18-22)10-11-23-24(30)13-16-31(6)25(23)19-26-27(31)20(2)32(36-26)14-8-9-17-34-32/h20-27H,7-19H2,1-6H3/t20-,21?,22+,23?,24?,25?,26?,27?,30?,31?,32+/m0/s1.